The Morgan fingerprint density at radius 3 is 2.25 bits per heavy atom. The van der Waals surface area contributed by atoms with E-state index in [9.17, 15) is 14.4 Å². The Morgan fingerprint density at radius 2 is 1.52 bits per heavy atom. The lowest BCUT2D eigenvalue weighted by molar-refractivity contribution is 0.0732. The van der Waals surface area contributed by atoms with Crippen LogP contribution in [0.15, 0.2) is 99.0 Å². The molecule has 0 aliphatic carbocycles. The van der Waals surface area contributed by atoms with Crippen LogP contribution in [0.1, 0.15) is 42.2 Å². The summed E-state index contributed by atoms with van der Waals surface area (Å²) in [6.07, 6.45) is 1.37. The number of amides is 2. The summed E-state index contributed by atoms with van der Waals surface area (Å²) >= 11 is 6.84. The van der Waals surface area contributed by atoms with E-state index in [4.69, 9.17) is 9.47 Å². The number of nitrogens with zero attached hydrogens (tertiary/aromatic N) is 1. The van der Waals surface area contributed by atoms with Gasteiger partial charge in [-0.05, 0) is 83.5 Å². The molecule has 0 heterocycles. The molecule has 4 aromatic rings. The van der Waals surface area contributed by atoms with E-state index in [0.29, 0.717) is 37.1 Å². The van der Waals surface area contributed by atoms with E-state index < -0.39 is 11.9 Å². The largest absolute Gasteiger partial charge is 0.497 e. The quantitative estimate of drug-likeness (QED) is 0.0937. The molecule has 0 aliphatic rings. The fraction of sp³-hybridized carbons (Fsp3) is 0.0667. The second kappa shape index (κ2) is 13.2. The predicted molar refractivity (Wildman–Crippen MR) is 160 cm³/mol. The van der Waals surface area contributed by atoms with E-state index in [1.807, 2.05) is 19.1 Å². The van der Waals surface area contributed by atoms with Crippen LogP contribution in [0.4, 0.5) is 5.69 Å². The molecule has 10 heteroatoms. The molecule has 4 rings (SSSR count). The van der Waals surface area contributed by atoms with Crippen LogP contribution in [0, 0.1) is 6.92 Å². The van der Waals surface area contributed by atoms with E-state index in [0.717, 1.165) is 5.56 Å². The fourth-order valence-electron chi connectivity index (χ4n) is 3.56. The van der Waals surface area contributed by atoms with E-state index in [1.54, 1.807) is 66.7 Å². The SMILES string of the molecule is COc1cccc(C(=O)Nc2cccc(C(=O)NN=Cc3cc(Br)cc(Br)c3OC(=O)c3ccc(C)cc3)c2)c1. The molecule has 0 spiro atoms. The molecule has 202 valence electrons. The van der Waals surface area contributed by atoms with Gasteiger partial charge in [0.05, 0.1) is 23.4 Å². The van der Waals surface area contributed by atoms with Crippen LogP contribution in [0.2, 0.25) is 0 Å². The third-order valence-electron chi connectivity index (χ3n) is 5.60. The highest BCUT2D eigenvalue weighted by atomic mass is 79.9. The number of methoxy groups -OCH3 is 1. The Morgan fingerprint density at radius 1 is 0.825 bits per heavy atom. The highest BCUT2D eigenvalue weighted by Gasteiger charge is 2.16. The van der Waals surface area contributed by atoms with Crippen molar-refractivity contribution in [2.45, 2.75) is 6.92 Å². The number of aryl methyl sites for hydroxylation is 1. The molecule has 0 aromatic heterocycles. The summed E-state index contributed by atoms with van der Waals surface area (Å²) in [7, 11) is 1.52. The smallest absolute Gasteiger partial charge is 0.343 e. The van der Waals surface area contributed by atoms with Crippen molar-refractivity contribution in [1.82, 2.24) is 5.43 Å². The average molecular weight is 665 g/mol. The number of hydrazone groups is 1. The van der Waals surface area contributed by atoms with Crippen molar-refractivity contribution in [3.63, 3.8) is 0 Å². The number of ether oxygens (including phenoxy) is 2. The molecule has 0 unspecified atom stereocenters. The first-order valence-corrected chi connectivity index (χ1v) is 13.5. The molecule has 0 aliphatic heterocycles. The number of rotatable bonds is 8. The minimum atomic E-state index is -0.533. The summed E-state index contributed by atoms with van der Waals surface area (Å²) in [6, 6.07) is 23.6. The van der Waals surface area contributed by atoms with Gasteiger partial charge in [0, 0.05) is 26.9 Å². The monoisotopic (exact) mass is 663 g/mol. The maximum absolute atomic E-state index is 12.8. The van der Waals surface area contributed by atoms with Crippen molar-refractivity contribution in [3.8, 4) is 11.5 Å². The van der Waals surface area contributed by atoms with Crippen molar-refractivity contribution in [3.05, 3.63) is 122 Å². The number of carbonyl (C=O) groups excluding carboxylic acids is 3. The minimum Gasteiger partial charge on any atom is -0.497 e. The standard InChI is InChI=1S/C30H23Br2N3O5/c1-18-9-11-19(12-10-18)30(38)40-27-22(13-23(31)16-26(27)32)17-33-35-29(37)20-5-3-7-24(14-20)34-28(36)21-6-4-8-25(15-21)39-2/h3-17H,1-2H3,(H,34,36)(H,35,37). The van der Waals surface area contributed by atoms with Gasteiger partial charge in [0.25, 0.3) is 11.8 Å². The van der Waals surface area contributed by atoms with Crippen LogP contribution in [0.5, 0.6) is 11.5 Å². The summed E-state index contributed by atoms with van der Waals surface area (Å²) in [4.78, 5) is 38.1. The van der Waals surface area contributed by atoms with Gasteiger partial charge in [-0.2, -0.15) is 5.10 Å². The van der Waals surface area contributed by atoms with Gasteiger partial charge < -0.3 is 14.8 Å². The predicted octanol–water partition coefficient (Wildman–Crippen LogP) is 6.76. The Bertz CT molecular complexity index is 1600. The van der Waals surface area contributed by atoms with Crippen molar-refractivity contribution in [2.75, 3.05) is 12.4 Å². The van der Waals surface area contributed by atoms with Gasteiger partial charge in [-0.25, -0.2) is 10.2 Å². The van der Waals surface area contributed by atoms with Crippen molar-refractivity contribution < 1.29 is 23.9 Å². The van der Waals surface area contributed by atoms with Crippen LogP contribution in [-0.4, -0.2) is 31.1 Å². The molecule has 0 fully saturated rings. The third kappa shape index (κ3) is 7.43. The number of anilines is 1. The lowest BCUT2D eigenvalue weighted by atomic mass is 10.1. The number of benzene rings is 4. The first-order valence-electron chi connectivity index (χ1n) is 11.9. The van der Waals surface area contributed by atoms with Gasteiger partial charge in [0.15, 0.2) is 5.75 Å². The number of hydrogen-bond donors (Lipinski definition) is 2. The van der Waals surface area contributed by atoms with Gasteiger partial charge in [0.1, 0.15) is 5.75 Å². The second-order valence-electron chi connectivity index (χ2n) is 8.53. The molecule has 4 aromatic carbocycles. The van der Waals surface area contributed by atoms with Gasteiger partial charge in [-0.3, -0.25) is 9.59 Å². The van der Waals surface area contributed by atoms with Crippen molar-refractivity contribution >= 4 is 61.5 Å². The normalized spacial score (nSPS) is 10.7. The van der Waals surface area contributed by atoms with Gasteiger partial charge >= 0.3 is 5.97 Å². The molecule has 2 amide bonds. The molecule has 2 N–H and O–H groups in total. The average Bonchev–Trinajstić information content (AvgIpc) is 2.95. The first kappa shape index (κ1) is 28.7. The Hall–Kier alpha value is -4.28. The summed E-state index contributed by atoms with van der Waals surface area (Å²) in [5.74, 6) is -0.573. The number of carbonyl (C=O) groups is 3. The molecular formula is C30H23Br2N3O5. The van der Waals surface area contributed by atoms with E-state index in [2.05, 4.69) is 47.7 Å². The number of esters is 1. The molecule has 0 radical (unpaired) electrons. The third-order valence-corrected chi connectivity index (χ3v) is 6.65. The highest BCUT2D eigenvalue weighted by molar-refractivity contribution is 9.11. The van der Waals surface area contributed by atoms with Crippen LogP contribution in [-0.2, 0) is 0 Å². The zero-order valence-corrected chi connectivity index (χ0v) is 24.6. The van der Waals surface area contributed by atoms with Crippen molar-refractivity contribution in [1.29, 1.82) is 0 Å². The van der Waals surface area contributed by atoms with Gasteiger partial charge in [-0.1, -0.05) is 45.8 Å². The number of nitrogens with one attached hydrogen (secondary N) is 2. The van der Waals surface area contributed by atoms with Crippen LogP contribution < -0.4 is 20.2 Å². The topological polar surface area (TPSA) is 106 Å². The zero-order valence-electron chi connectivity index (χ0n) is 21.4. The molecule has 0 bridgehead atoms. The fourth-order valence-corrected chi connectivity index (χ4v) is 4.90. The lowest BCUT2D eigenvalue weighted by Gasteiger charge is -2.11. The summed E-state index contributed by atoms with van der Waals surface area (Å²) < 4.78 is 12.0. The van der Waals surface area contributed by atoms with Crippen LogP contribution >= 0.6 is 31.9 Å². The Kier molecular flexibility index (Phi) is 9.47. The molecule has 0 saturated carbocycles. The molecule has 0 atom stereocenters. The lowest BCUT2D eigenvalue weighted by Crippen LogP contribution is -2.18. The van der Waals surface area contributed by atoms with E-state index in [1.165, 1.54) is 19.4 Å². The summed E-state index contributed by atoms with van der Waals surface area (Å²) in [5.41, 5.74) is 5.46. The highest BCUT2D eigenvalue weighted by Crippen LogP contribution is 2.32. The molecule has 8 nitrogen and oxygen atoms in total. The number of hydrogen-bond acceptors (Lipinski definition) is 6. The molecule has 0 saturated heterocycles. The van der Waals surface area contributed by atoms with E-state index in [-0.39, 0.29) is 17.2 Å². The van der Waals surface area contributed by atoms with E-state index >= 15 is 0 Å². The minimum absolute atomic E-state index is 0.244. The number of halogens is 2. The zero-order chi connectivity index (χ0) is 28.6. The summed E-state index contributed by atoms with van der Waals surface area (Å²) in [5, 5.41) is 6.82. The summed E-state index contributed by atoms with van der Waals surface area (Å²) in [6.45, 7) is 1.93. The Labute approximate surface area is 247 Å². The Balaban J connectivity index is 1.45. The van der Waals surface area contributed by atoms with Crippen LogP contribution in [0.3, 0.4) is 0 Å². The molecular weight excluding hydrogens is 642 g/mol. The van der Waals surface area contributed by atoms with Gasteiger partial charge in [0.2, 0.25) is 0 Å². The maximum atomic E-state index is 12.8. The second-order valence-corrected chi connectivity index (χ2v) is 10.3. The molecule has 40 heavy (non-hydrogen) atoms. The van der Waals surface area contributed by atoms with Gasteiger partial charge in [-0.15, -0.1) is 0 Å². The maximum Gasteiger partial charge on any atom is 0.343 e. The van der Waals surface area contributed by atoms with Crippen molar-refractivity contribution in [2.24, 2.45) is 5.10 Å². The van der Waals surface area contributed by atoms with Crippen LogP contribution in [0.25, 0.3) is 0 Å². The first-order chi connectivity index (χ1) is 19.2.